The molecule has 6 aromatic rings. The maximum absolute atomic E-state index is 14.8. The second kappa shape index (κ2) is 14.5. The van der Waals surface area contributed by atoms with Crippen LogP contribution < -0.4 is 31.8 Å². The van der Waals surface area contributed by atoms with Crippen molar-refractivity contribution in [2.24, 2.45) is 0 Å². The first-order valence-corrected chi connectivity index (χ1v) is 21.9. The molecule has 0 N–H and O–H groups in total. The number of rotatable bonds is 11. The summed E-state index contributed by atoms with van der Waals surface area (Å²) < 4.78 is 74.7. The van der Waals surface area contributed by atoms with E-state index in [-0.39, 0.29) is 0 Å². The van der Waals surface area contributed by atoms with Gasteiger partial charge in [0.1, 0.15) is 0 Å². The quantitative estimate of drug-likeness (QED) is 0.105. The molecule has 0 fully saturated rings. The van der Waals surface area contributed by atoms with Crippen LogP contribution >= 0.6 is 14.8 Å². The van der Waals surface area contributed by atoms with Gasteiger partial charge in [-0.05, 0) is 0 Å². The van der Waals surface area contributed by atoms with Crippen molar-refractivity contribution in [1.82, 2.24) is 8.75 Å². The number of alkyl halides is 3. The second-order valence-corrected chi connectivity index (χ2v) is 22.5. The molecule has 0 aliphatic carbocycles. The third-order valence-corrected chi connectivity index (χ3v) is 23.0. The summed E-state index contributed by atoms with van der Waals surface area (Å²) in [6, 6.07) is 59.3. The number of sulfonamides is 1. The molecule has 0 spiro atoms. The van der Waals surface area contributed by atoms with Crippen LogP contribution in [0.1, 0.15) is 13.8 Å². The van der Waals surface area contributed by atoms with Crippen LogP contribution in [0, 0.1) is 0 Å². The fourth-order valence-corrected chi connectivity index (χ4v) is 22.5. The summed E-state index contributed by atoms with van der Waals surface area (Å²) in [5.74, 6) is 0. The fraction of sp³-hybridized carbons (Fsp3) is 0.122. The Balaban J connectivity index is 1.96. The van der Waals surface area contributed by atoms with Crippen molar-refractivity contribution in [2.75, 3.05) is 7.05 Å². The Bertz CT molecular complexity index is 1820. The van der Waals surface area contributed by atoms with Gasteiger partial charge in [-0.2, -0.15) is 0 Å². The Labute approximate surface area is 300 Å². The zero-order valence-electron chi connectivity index (χ0n) is 28.6. The molecule has 0 saturated heterocycles. The van der Waals surface area contributed by atoms with Gasteiger partial charge in [0.05, 0.1) is 0 Å². The van der Waals surface area contributed by atoms with Crippen LogP contribution in [-0.4, -0.2) is 35.4 Å². The van der Waals surface area contributed by atoms with Crippen molar-refractivity contribution in [1.29, 1.82) is 0 Å². The van der Waals surface area contributed by atoms with Crippen LogP contribution in [0.5, 0.6) is 0 Å². The van der Waals surface area contributed by atoms with Crippen LogP contribution in [0.2, 0.25) is 0 Å². The van der Waals surface area contributed by atoms with E-state index < -0.39 is 36.0 Å². The Morgan fingerprint density at radius 2 is 0.627 bits per heavy atom. The third-order valence-electron chi connectivity index (χ3n) is 9.79. The average Bonchev–Trinajstić information content (AvgIpc) is 3.16. The molecule has 0 saturated carbocycles. The van der Waals surface area contributed by atoms with E-state index in [4.69, 9.17) is 0 Å². The van der Waals surface area contributed by atoms with Crippen molar-refractivity contribution < 1.29 is 21.6 Å². The molecule has 10 heteroatoms. The summed E-state index contributed by atoms with van der Waals surface area (Å²) in [6.45, 7) is 3.26. The molecule has 0 aliphatic rings. The molecular formula is C41H41F3N2O2P2S. The molecule has 6 aromatic carbocycles. The van der Waals surface area contributed by atoms with Crippen LogP contribution in [-0.2, 0) is 10.0 Å². The van der Waals surface area contributed by atoms with E-state index in [1.165, 1.54) is 0 Å². The molecule has 0 bridgehead atoms. The third kappa shape index (κ3) is 6.24. The van der Waals surface area contributed by atoms with Crippen molar-refractivity contribution in [3.63, 3.8) is 0 Å². The molecule has 6 rings (SSSR count). The van der Waals surface area contributed by atoms with Gasteiger partial charge in [-0.15, -0.1) is 0 Å². The summed E-state index contributed by atoms with van der Waals surface area (Å²) in [4.78, 5) is 0. The molecule has 4 nitrogen and oxygen atoms in total. The molecule has 0 heterocycles. The van der Waals surface area contributed by atoms with E-state index >= 15 is 0 Å². The normalized spacial score (nSPS) is 13.6. The van der Waals surface area contributed by atoms with Gasteiger partial charge in [-0.1, -0.05) is 0 Å². The maximum atomic E-state index is 14.8. The van der Waals surface area contributed by atoms with Crippen molar-refractivity contribution in [3.8, 4) is 0 Å². The van der Waals surface area contributed by atoms with Gasteiger partial charge in [0, 0.05) is 0 Å². The number of hydrogen-bond acceptors (Lipinski definition) is 3. The molecule has 0 unspecified atom stereocenters. The predicted molar refractivity (Wildman–Crippen MR) is 212 cm³/mol. The summed E-state index contributed by atoms with van der Waals surface area (Å²) in [5.41, 5.74) is -7.35. The molecular weight excluding hydrogens is 703 g/mol. The topological polar surface area (TPSA) is 40.6 Å². The van der Waals surface area contributed by atoms with E-state index in [0.717, 1.165) is 38.9 Å². The average molecular weight is 745 g/mol. The minimum absolute atomic E-state index is 0.549. The number of halogens is 3. The van der Waals surface area contributed by atoms with E-state index in [9.17, 15) is 21.6 Å². The first-order valence-electron chi connectivity index (χ1n) is 16.6. The van der Waals surface area contributed by atoms with Crippen molar-refractivity contribution in [3.05, 3.63) is 182 Å². The van der Waals surface area contributed by atoms with Crippen LogP contribution in [0.3, 0.4) is 0 Å². The van der Waals surface area contributed by atoms with Gasteiger partial charge >= 0.3 is 301 Å². The predicted octanol–water partition coefficient (Wildman–Crippen LogP) is 7.09. The van der Waals surface area contributed by atoms with Gasteiger partial charge in [-0.3, -0.25) is 0 Å². The summed E-state index contributed by atoms with van der Waals surface area (Å²) in [5, 5.41) is 5.38. The molecule has 264 valence electrons. The molecule has 0 aromatic heterocycles. The van der Waals surface area contributed by atoms with E-state index in [2.05, 4.69) is 4.44 Å². The summed E-state index contributed by atoms with van der Waals surface area (Å²) >= 11 is 0. The van der Waals surface area contributed by atoms with Crippen molar-refractivity contribution in [2.45, 2.75) is 25.0 Å². The van der Waals surface area contributed by atoms with Crippen LogP contribution in [0.25, 0.3) is 0 Å². The Morgan fingerprint density at radius 3 is 0.804 bits per heavy atom. The molecule has 0 radical (unpaired) electrons. The van der Waals surface area contributed by atoms with Gasteiger partial charge in [0.2, 0.25) is 0 Å². The molecule has 0 atom stereocenters. The number of benzene rings is 6. The first-order chi connectivity index (χ1) is 24.4. The Kier molecular flexibility index (Phi) is 10.4. The SMILES string of the molecule is CN(C(C)(C)N([PH](c1ccccc1)(c1ccccc1)c1ccccc1)[PH](c1ccccc1)(c1ccccc1)c1ccccc1)S(=O)(=O)C(F)(F)F. The summed E-state index contributed by atoms with van der Waals surface area (Å²) in [6.07, 6.45) is 0. The van der Waals surface area contributed by atoms with Gasteiger partial charge < -0.3 is 0 Å². The Hall–Kier alpha value is -4.16. The fourth-order valence-electron chi connectivity index (χ4n) is 7.51. The monoisotopic (exact) mass is 744 g/mol. The first kappa shape index (κ1) is 36.6. The zero-order chi connectivity index (χ0) is 36.3. The van der Waals surface area contributed by atoms with Gasteiger partial charge in [0.15, 0.2) is 0 Å². The van der Waals surface area contributed by atoms with Crippen molar-refractivity contribution >= 4 is 56.7 Å². The van der Waals surface area contributed by atoms with E-state index in [1.807, 2.05) is 182 Å². The zero-order valence-corrected chi connectivity index (χ0v) is 31.4. The van der Waals surface area contributed by atoms with Gasteiger partial charge in [0.25, 0.3) is 0 Å². The molecule has 0 aliphatic heterocycles. The van der Waals surface area contributed by atoms with Crippen LogP contribution in [0.4, 0.5) is 13.2 Å². The number of hydrogen-bond donors (Lipinski definition) is 0. The van der Waals surface area contributed by atoms with Crippen LogP contribution in [0.15, 0.2) is 182 Å². The standard InChI is InChI=1S/C41H41F3N2O2P2S/c1-40(2,45(3)51(47,48)41(42,43)44)46(49(34-22-10-4-11-23-34,35-24-12-5-13-25-35)36-26-14-6-15-27-36)50(37-28-16-7-17-29-37,38-30-18-8-19-31-38)39-32-20-9-21-33-39/h4-33,49-50H,1-3H3. The van der Waals surface area contributed by atoms with E-state index in [0.29, 0.717) is 4.31 Å². The minimum atomic E-state index is -5.86. The Morgan fingerprint density at radius 1 is 0.431 bits per heavy atom. The van der Waals surface area contributed by atoms with Gasteiger partial charge in [-0.25, -0.2) is 0 Å². The summed E-state index contributed by atoms with van der Waals surface area (Å²) in [7, 11) is -12.5. The number of nitrogens with zero attached hydrogens (tertiary/aromatic N) is 2. The molecule has 51 heavy (non-hydrogen) atoms. The van der Waals surface area contributed by atoms with E-state index in [1.54, 1.807) is 13.8 Å². The molecule has 0 amide bonds. The second-order valence-electron chi connectivity index (χ2n) is 12.9.